The summed E-state index contributed by atoms with van der Waals surface area (Å²) in [5.41, 5.74) is 4.88. The third kappa shape index (κ3) is 4.69. The zero-order chi connectivity index (χ0) is 16.8. The molecule has 2 aromatic rings. The van der Waals surface area contributed by atoms with Crippen molar-refractivity contribution in [3.63, 3.8) is 0 Å². The van der Waals surface area contributed by atoms with Crippen molar-refractivity contribution >= 4 is 17.1 Å². The first kappa shape index (κ1) is 16.8. The van der Waals surface area contributed by atoms with Gasteiger partial charge in [-0.05, 0) is 25.5 Å². The van der Waals surface area contributed by atoms with Gasteiger partial charge in [0.15, 0.2) is 0 Å². The van der Waals surface area contributed by atoms with Gasteiger partial charge >= 0.3 is 0 Å². The van der Waals surface area contributed by atoms with Crippen LogP contribution in [0.2, 0.25) is 0 Å². The van der Waals surface area contributed by atoms with Crippen LogP contribution in [0.3, 0.4) is 0 Å². The SMILES string of the molecule is Cc1cc(C)cc(CNc2cc([N+](=O)[O-])ccc2NCCO)c1. The second kappa shape index (κ2) is 7.60. The van der Waals surface area contributed by atoms with Crippen LogP contribution in [0.4, 0.5) is 17.1 Å². The number of rotatable bonds is 7. The minimum absolute atomic E-state index is 0.00645. The lowest BCUT2D eigenvalue weighted by Gasteiger charge is -2.14. The number of aryl methyl sites for hydroxylation is 2. The number of hydrogen-bond acceptors (Lipinski definition) is 5. The molecule has 0 aromatic heterocycles. The zero-order valence-corrected chi connectivity index (χ0v) is 13.3. The van der Waals surface area contributed by atoms with Crippen LogP contribution in [0, 0.1) is 24.0 Å². The van der Waals surface area contributed by atoms with E-state index in [-0.39, 0.29) is 12.3 Å². The molecule has 6 heteroatoms. The van der Waals surface area contributed by atoms with E-state index in [0.29, 0.717) is 18.8 Å². The highest BCUT2D eigenvalue weighted by Gasteiger charge is 2.10. The van der Waals surface area contributed by atoms with Gasteiger partial charge in [0.1, 0.15) is 0 Å². The highest BCUT2D eigenvalue weighted by molar-refractivity contribution is 5.72. The molecule has 0 aliphatic heterocycles. The van der Waals surface area contributed by atoms with E-state index in [2.05, 4.69) is 28.8 Å². The van der Waals surface area contributed by atoms with Crippen molar-refractivity contribution in [2.75, 3.05) is 23.8 Å². The Kier molecular flexibility index (Phi) is 5.54. The molecule has 0 amide bonds. The maximum atomic E-state index is 11.0. The molecule has 2 aromatic carbocycles. The Bertz CT molecular complexity index is 681. The average Bonchev–Trinajstić information content (AvgIpc) is 2.50. The van der Waals surface area contributed by atoms with E-state index in [1.165, 1.54) is 23.3 Å². The highest BCUT2D eigenvalue weighted by atomic mass is 16.6. The van der Waals surface area contributed by atoms with Gasteiger partial charge in [-0.3, -0.25) is 10.1 Å². The third-order valence-electron chi connectivity index (χ3n) is 3.41. The summed E-state index contributed by atoms with van der Waals surface area (Å²) in [6, 6.07) is 10.9. The van der Waals surface area contributed by atoms with E-state index in [9.17, 15) is 10.1 Å². The predicted octanol–water partition coefficient (Wildman–Crippen LogP) is 3.23. The number of aliphatic hydroxyl groups excluding tert-OH is 1. The summed E-state index contributed by atoms with van der Waals surface area (Å²) in [6.45, 7) is 5.03. The molecule has 0 aliphatic carbocycles. The molecule has 0 bridgehead atoms. The number of benzene rings is 2. The number of nitrogens with one attached hydrogen (secondary N) is 2. The zero-order valence-electron chi connectivity index (χ0n) is 13.3. The van der Waals surface area contributed by atoms with Crippen molar-refractivity contribution in [3.8, 4) is 0 Å². The van der Waals surface area contributed by atoms with Crippen LogP contribution in [0.5, 0.6) is 0 Å². The van der Waals surface area contributed by atoms with E-state index in [4.69, 9.17) is 5.11 Å². The van der Waals surface area contributed by atoms with Gasteiger partial charge in [0.05, 0.1) is 22.9 Å². The monoisotopic (exact) mass is 315 g/mol. The van der Waals surface area contributed by atoms with Crippen molar-refractivity contribution < 1.29 is 10.0 Å². The third-order valence-corrected chi connectivity index (χ3v) is 3.41. The van der Waals surface area contributed by atoms with Crippen molar-refractivity contribution in [1.82, 2.24) is 0 Å². The molecule has 0 fully saturated rings. The van der Waals surface area contributed by atoms with Crippen molar-refractivity contribution in [1.29, 1.82) is 0 Å². The van der Waals surface area contributed by atoms with Crippen molar-refractivity contribution in [2.45, 2.75) is 20.4 Å². The van der Waals surface area contributed by atoms with Crippen LogP contribution in [0.1, 0.15) is 16.7 Å². The van der Waals surface area contributed by atoms with Gasteiger partial charge in [-0.15, -0.1) is 0 Å². The lowest BCUT2D eigenvalue weighted by Crippen LogP contribution is -2.09. The van der Waals surface area contributed by atoms with Crippen molar-refractivity contribution in [2.24, 2.45) is 0 Å². The Hall–Kier alpha value is -2.60. The van der Waals surface area contributed by atoms with E-state index in [1.54, 1.807) is 6.07 Å². The molecule has 0 saturated heterocycles. The Morgan fingerprint density at radius 2 is 1.74 bits per heavy atom. The second-order valence-corrected chi connectivity index (χ2v) is 5.49. The summed E-state index contributed by atoms with van der Waals surface area (Å²) in [5.74, 6) is 0. The van der Waals surface area contributed by atoms with Gasteiger partial charge in [0.25, 0.3) is 5.69 Å². The molecule has 0 atom stereocenters. The molecule has 122 valence electrons. The first-order valence-corrected chi connectivity index (χ1v) is 7.44. The first-order valence-electron chi connectivity index (χ1n) is 7.44. The van der Waals surface area contributed by atoms with Gasteiger partial charge in [-0.2, -0.15) is 0 Å². The lowest BCUT2D eigenvalue weighted by molar-refractivity contribution is -0.384. The standard InChI is InChI=1S/C17H21N3O3/c1-12-7-13(2)9-14(8-12)11-19-17-10-15(20(22)23)3-4-16(17)18-5-6-21/h3-4,7-10,18-19,21H,5-6,11H2,1-2H3. The maximum Gasteiger partial charge on any atom is 0.271 e. The van der Waals surface area contributed by atoms with Gasteiger partial charge in [0, 0.05) is 25.2 Å². The molecular weight excluding hydrogens is 294 g/mol. The van der Waals surface area contributed by atoms with E-state index < -0.39 is 4.92 Å². The molecule has 0 saturated carbocycles. The molecule has 0 unspecified atom stereocenters. The molecule has 23 heavy (non-hydrogen) atoms. The number of non-ortho nitro benzene ring substituents is 1. The Balaban J connectivity index is 2.21. The molecular formula is C17H21N3O3. The summed E-state index contributed by atoms with van der Waals surface area (Å²) in [4.78, 5) is 10.5. The van der Waals surface area contributed by atoms with Crippen LogP contribution in [-0.4, -0.2) is 23.2 Å². The topological polar surface area (TPSA) is 87.4 Å². The van der Waals surface area contributed by atoms with Gasteiger partial charge in [-0.25, -0.2) is 0 Å². The summed E-state index contributed by atoms with van der Waals surface area (Å²) >= 11 is 0. The highest BCUT2D eigenvalue weighted by Crippen LogP contribution is 2.27. The second-order valence-electron chi connectivity index (χ2n) is 5.49. The molecule has 0 radical (unpaired) electrons. The Morgan fingerprint density at radius 1 is 1.04 bits per heavy atom. The number of aliphatic hydroxyl groups is 1. The fourth-order valence-corrected chi connectivity index (χ4v) is 2.51. The average molecular weight is 315 g/mol. The van der Waals surface area contributed by atoms with Crippen LogP contribution >= 0.6 is 0 Å². The number of nitrogens with zero attached hydrogens (tertiary/aromatic N) is 1. The number of anilines is 2. The molecule has 6 nitrogen and oxygen atoms in total. The molecule has 0 aliphatic rings. The molecule has 0 spiro atoms. The molecule has 0 heterocycles. The van der Waals surface area contributed by atoms with Gasteiger partial charge in [-0.1, -0.05) is 29.3 Å². The first-order chi connectivity index (χ1) is 11.0. The molecule has 3 N–H and O–H groups in total. The largest absolute Gasteiger partial charge is 0.395 e. The van der Waals surface area contributed by atoms with Gasteiger partial charge < -0.3 is 15.7 Å². The summed E-state index contributed by atoms with van der Waals surface area (Å²) in [6.07, 6.45) is 0. The Morgan fingerprint density at radius 3 is 2.35 bits per heavy atom. The van der Waals surface area contributed by atoms with E-state index in [1.807, 2.05) is 13.8 Å². The molecule has 2 rings (SSSR count). The fraction of sp³-hybridized carbons (Fsp3) is 0.294. The van der Waals surface area contributed by atoms with E-state index >= 15 is 0 Å². The summed E-state index contributed by atoms with van der Waals surface area (Å²) < 4.78 is 0. The lowest BCUT2D eigenvalue weighted by atomic mass is 10.1. The number of nitro benzene ring substituents is 1. The number of nitro groups is 1. The smallest absolute Gasteiger partial charge is 0.271 e. The van der Waals surface area contributed by atoms with E-state index in [0.717, 1.165) is 11.3 Å². The van der Waals surface area contributed by atoms with Crippen LogP contribution < -0.4 is 10.6 Å². The van der Waals surface area contributed by atoms with Crippen molar-refractivity contribution in [3.05, 3.63) is 63.2 Å². The predicted molar refractivity (Wildman–Crippen MR) is 91.9 cm³/mol. The van der Waals surface area contributed by atoms with Crippen LogP contribution in [-0.2, 0) is 6.54 Å². The van der Waals surface area contributed by atoms with Crippen LogP contribution in [0.15, 0.2) is 36.4 Å². The van der Waals surface area contributed by atoms with Gasteiger partial charge in [0.2, 0.25) is 0 Å². The van der Waals surface area contributed by atoms with Crippen LogP contribution in [0.25, 0.3) is 0 Å². The maximum absolute atomic E-state index is 11.0. The summed E-state index contributed by atoms with van der Waals surface area (Å²) in [5, 5.41) is 26.2. The number of hydrogen-bond donors (Lipinski definition) is 3. The quantitative estimate of drug-likeness (QED) is 0.539. The summed E-state index contributed by atoms with van der Waals surface area (Å²) in [7, 11) is 0. The Labute approximate surface area is 135 Å². The minimum atomic E-state index is -0.419. The normalized spacial score (nSPS) is 10.4. The minimum Gasteiger partial charge on any atom is -0.395 e. The fourth-order valence-electron chi connectivity index (χ4n) is 2.51.